The van der Waals surface area contributed by atoms with E-state index >= 15 is 0 Å². The highest BCUT2D eigenvalue weighted by molar-refractivity contribution is 6.30. The average molecular weight is 350 g/mol. The summed E-state index contributed by atoms with van der Waals surface area (Å²) in [5, 5.41) is 0.643. The third-order valence-electron chi connectivity index (χ3n) is 4.99. The summed E-state index contributed by atoms with van der Waals surface area (Å²) < 4.78 is 0. The highest BCUT2D eigenvalue weighted by Crippen LogP contribution is 2.36. The molecule has 0 bridgehead atoms. The van der Waals surface area contributed by atoms with Gasteiger partial charge in [-0.3, -0.25) is 4.79 Å². The Hall–Kier alpha value is -2.32. The molecule has 2 nitrogen and oxygen atoms in total. The molecule has 126 valence electrons. The van der Waals surface area contributed by atoms with Gasteiger partial charge in [0.1, 0.15) is 0 Å². The summed E-state index contributed by atoms with van der Waals surface area (Å²) in [4.78, 5) is 15.0. The smallest absolute Gasteiger partial charge is 0.185 e. The Bertz CT molecular complexity index is 858. The van der Waals surface area contributed by atoms with E-state index in [1.807, 2.05) is 6.08 Å². The predicted molar refractivity (Wildman–Crippen MR) is 103 cm³/mol. The van der Waals surface area contributed by atoms with Gasteiger partial charge < -0.3 is 4.90 Å². The Labute approximate surface area is 153 Å². The summed E-state index contributed by atoms with van der Waals surface area (Å²) in [7, 11) is 0. The largest absolute Gasteiger partial charge is 0.374 e. The zero-order valence-electron chi connectivity index (χ0n) is 14.0. The number of ketones is 1. The molecular formula is C22H20ClNO. The van der Waals surface area contributed by atoms with Crippen LogP contribution >= 0.6 is 11.6 Å². The molecule has 0 spiro atoms. The minimum Gasteiger partial charge on any atom is -0.374 e. The topological polar surface area (TPSA) is 20.3 Å². The van der Waals surface area contributed by atoms with E-state index in [1.165, 1.54) is 35.2 Å². The summed E-state index contributed by atoms with van der Waals surface area (Å²) in [5.74, 6) is 0.00863. The summed E-state index contributed by atoms with van der Waals surface area (Å²) in [5.41, 5.74) is 5.82. The van der Waals surface area contributed by atoms with Gasteiger partial charge in [0.05, 0.1) is 0 Å². The van der Waals surface area contributed by atoms with Crippen LogP contribution in [0.15, 0.2) is 66.4 Å². The first kappa shape index (κ1) is 16.2. The molecule has 1 fully saturated rings. The number of carbonyl (C=O) groups excluding carboxylic acids is 1. The van der Waals surface area contributed by atoms with Crippen LogP contribution in [-0.4, -0.2) is 23.8 Å². The molecule has 0 radical (unpaired) electrons. The van der Waals surface area contributed by atoms with Crippen LogP contribution in [0.4, 0.5) is 0 Å². The minimum atomic E-state index is 0.00863. The molecule has 1 saturated heterocycles. The lowest BCUT2D eigenvalue weighted by molar-refractivity contribution is 0.104. The molecule has 1 aliphatic heterocycles. The van der Waals surface area contributed by atoms with Crippen LogP contribution in [0, 0.1) is 0 Å². The Morgan fingerprint density at radius 3 is 2.48 bits per heavy atom. The molecule has 0 amide bonds. The lowest BCUT2D eigenvalue weighted by Crippen LogP contribution is -2.19. The van der Waals surface area contributed by atoms with Crippen molar-refractivity contribution in [2.24, 2.45) is 0 Å². The first-order valence-electron chi connectivity index (χ1n) is 8.77. The van der Waals surface area contributed by atoms with Crippen molar-refractivity contribution in [1.82, 2.24) is 4.90 Å². The van der Waals surface area contributed by atoms with Crippen LogP contribution in [0.2, 0.25) is 5.02 Å². The van der Waals surface area contributed by atoms with Gasteiger partial charge in [-0.2, -0.15) is 0 Å². The van der Waals surface area contributed by atoms with E-state index in [0.717, 1.165) is 19.5 Å². The van der Waals surface area contributed by atoms with Gasteiger partial charge in [-0.05, 0) is 60.4 Å². The lowest BCUT2D eigenvalue weighted by Gasteiger charge is -2.20. The number of fused-ring (bicyclic) bond motifs is 1. The van der Waals surface area contributed by atoms with Crippen molar-refractivity contribution < 1.29 is 4.79 Å². The van der Waals surface area contributed by atoms with E-state index in [0.29, 0.717) is 10.6 Å². The van der Waals surface area contributed by atoms with E-state index < -0.39 is 0 Å². The van der Waals surface area contributed by atoms with Gasteiger partial charge in [-0.25, -0.2) is 0 Å². The van der Waals surface area contributed by atoms with Crippen LogP contribution in [0.25, 0.3) is 5.57 Å². The summed E-state index contributed by atoms with van der Waals surface area (Å²) >= 11 is 5.90. The molecule has 0 atom stereocenters. The van der Waals surface area contributed by atoms with Crippen molar-refractivity contribution in [3.8, 4) is 0 Å². The summed E-state index contributed by atoms with van der Waals surface area (Å²) in [6.07, 6.45) is 7.15. The number of allylic oxidation sites excluding steroid dienone is 4. The number of nitrogens with zero attached hydrogens (tertiary/aromatic N) is 1. The molecule has 1 aliphatic carbocycles. The van der Waals surface area contributed by atoms with Gasteiger partial charge >= 0.3 is 0 Å². The summed E-state index contributed by atoms with van der Waals surface area (Å²) in [6, 6.07) is 15.6. The second kappa shape index (κ2) is 6.89. The fourth-order valence-electron chi connectivity index (χ4n) is 3.69. The van der Waals surface area contributed by atoms with Crippen LogP contribution < -0.4 is 0 Å². The van der Waals surface area contributed by atoms with E-state index in [9.17, 15) is 4.79 Å². The molecule has 1 heterocycles. The molecule has 0 aromatic heterocycles. The van der Waals surface area contributed by atoms with E-state index in [1.54, 1.807) is 30.3 Å². The van der Waals surface area contributed by atoms with Gasteiger partial charge in [0.25, 0.3) is 0 Å². The van der Waals surface area contributed by atoms with Crippen molar-refractivity contribution in [2.75, 3.05) is 13.1 Å². The van der Waals surface area contributed by atoms with Crippen molar-refractivity contribution >= 4 is 23.0 Å². The second-order valence-corrected chi connectivity index (χ2v) is 7.03. The first-order valence-corrected chi connectivity index (χ1v) is 9.14. The molecule has 3 heteroatoms. The van der Waals surface area contributed by atoms with Crippen LogP contribution in [0.5, 0.6) is 0 Å². The van der Waals surface area contributed by atoms with Gasteiger partial charge in [0, 0.05) is 41.4 Å². The Balaban J connectivity index is 1.66. The van der Waals surface area contributed by atoms with Gasteiger partial charge in [0.15, 0.2) is 5.78 Å². The van der Waals surface area contributed by atoms with Crippen LogP contribution in [-0.2, 0) is 6.42 Å². The van der Waals surface area contributed by atoms with E-state index in [2.05, 4.69) is 29.2 Å². The first-order chi connectivity index (χ1) is 12.2. The van der Waals surface area contributed by atoms with Crippen LogP contribution in [0.3, 0.4) is 0 Å². The van der Waals surface area contributed by atoms with Gasteiger partial charge in [-0.15, -0.1) is 0 Å². The van der Waals surface area contributed by atoms with Crippen molar-refractivity contribution in [1.29, 1.82) is 0 Å². The van der Waals surface area contributed by atoms with Gasteiger partial charge in [-0.1, -0.05) is 35.9 Å². The standard InChI is InChI=1S/C22H20ClNO/c23-18-9-7-16(8-10-18)22(25)12-11-20-19-6-2-1-5-17(19)15-21(20)24-13-3-4-14-24/h1-2,5-12H,3-4,13-15H2/b12-11+. The number of likely N-dealkylation sites (tertiary alicyclic amines) is 1. The molecule has 25 heavy (non-hydrogen) atoms. The highest BCUT2D eigenvalue weighted by atomic mass is 35.5. The molecule has 0 N–H and O–H groups in total. The third kappa shape index (κ3) is 3.27. The maximum atomic E-state index is 12.5. The van der Waals surface area contributed by atoms with Crippen molar-refractivity contribution in [3.05, 3.63) is 88.1 Å². The zero-order valence-corrected chi connectivity index (χ0v) is 14.8. The number of carbonyl (C=O) groups is 1. The molecule has 2 aliphatic rings. The third-order valence-corrected chi connectivity index (χ3v) is 5.25. The maximum absolute atomic E-state index is 12.5. The van der Waals surface area contributed by atoms with Crippen LogP contribution in [0.1, 0.15) is 34.3 Å². The second-order valence-electron chi connectivity index (χ2n) is 6.59. The molecule has 0 saturated carbocycles. The quantitative estimate of drug-likeness (QED) is 0.562. The molecule has 2 aromatic carbocycles. The van der Waals surface area contributed by atoms with Crippen molar-refractivity contribution in [2.45, 2.75) is 19.3 Å². The average Bonchev–Trinajstić information content (AvgIpc) is 3.28. The fourth-order valence-corrected chi connectivity index (χ4v) is 3.82. The number of rotatable bonds is 4. The SMILES string of the molecule is O=C(/C=C/C1=C(N2CCCC2)Cc2ccccc21)c1ccc(Cl)cc1. The Morgan fingerprint density at radius 2 is 1.72 bits per heavy atom. The molecule has 2 aromatic rings. The number of hydrogen-bond acceptors (Lipinski definition) is 2. The van der Waals surface area contributed by atoms with E-state index in [-0.39, 0.29) is 5.78 Å². The lowest BCUT2D eigenvalue weighted by atomic mass is 10.0. The van der Waals surface area contributed by atoms with Crippen molar-refractivity contribution in [3.63, 3.8) is 0 Å². The monoisotopic (exact) mass is 349 g/mol. The number of halogens is 1. The molecular weight excluding hydrogens is 330 g/mol. The molecule has 4 rings (SSSR count). The van der Waals surface area contributed by atoms with Gasteiger partial charge in [0.2, 0.25) is 0 Å². The maximum Gasteiger partial charge on any atom is 0.185 e. The Morgan fingerprint density at radius 1 is 1.00 bits per heavy atom. The highest BCUT2D eigenvalue weighted by Gasteiger charge is 2.25. The normalized spacial score (nSPS) is 16.8. The summed E-state index contributed by atoms with van der Waals surface area (Å²) in [6.45, 7) is 2.23. The Kier molecular flexibility index (Phi) is 4.46. The predicted octanol–water partition coefficient (Wildman–Crippen LogP) is 5.14. The zero-order chi connectivity index (χ0) is 17.2. The number of hydrogen-bond donors (Lipinski definition) is 0. The molecule has 0 unspecified atom stereocenters. The van der Waals surface area contributed by atoms with E-state index in [4.69, 9.17) is 11.6 Å². The minimum absolute atomic E-state index is 0.00863. The number of benzene rings is 2. The fraction of sp³-hybridized carbons (Fsp3) is 0.227.